The van der Waals surface area contributed by atoms with Crippen LogP contribution in [0.15, 0.2) is 11.4 Å². The van der Waals surface area contributed by atoms with Crippen LogP contribution in [0.4, 0.5) is 0 Å². The molecule has 0 aromatic carbocycles. The molecule has 2 atom stereocenters. The minimum atomic E-state index is -0.579. The lowest BCUT2D eigenvalue weighted by molar-refractivity contribution is -0.150. The summed E-state index contributed by atoms with van der Waals surface area (Å²) in [6, 6.07) is 1.42. The van der Waals surface area contributed by atoms with E-state index in [-0.39, 0.29) is 18.4 Å². The van der Waals surface area contributed by atoms with Crippen LogP contribution in [0.5, 0.6) is 0 Å². The minimum absolute atomic E-state index is 0.0261. The van der Waals surface area contributed by atoms with Crippen molar-refractivity contribution in [2.75, 3.05) is 6.54 Å². The van der Waals surface area contributed by atoms with Crippen LogP contribution < -0.4 is 5.32 Å². The van der Waals surface area contributed by atoms with Crippen LogP contribution in [0.3, 0.4) is 0 Å². The van der Waals surface area contributed by atoms with Gasteiger partial charge in [0.1, 0.15) is 12.6 Å². The number of rotatable bonds is 1. The number of imide groups is 1. The summed E-state index contributed by atoms with van der Waals surface area (Å²) in [6.45, 7) is 1.64. The molecule has 3 rings (SSSR count). The van der Waals surface area contributed by atoms with Gasteiger partial charge in [0.25, 0.3) is 0 Å². The molecule has 0 spiro atoms. The van der Waals surface area contributed by atoms with Crippen LogP contribution in [-0.2, 0) is 20.8 Å². The van der Waals surface area contributed by atoms with Crippen molar-refractivity contribution in [1.29, 1.82) is 0 Å². The smallest absolute Gasteiger partial charge is 0.249 e. The van der Waals surface area contributed by atoms with E-state index >= 15 is 0 Å². The molecule has 1 saturated heterocycles. The molecule has 0 radical (unpaired) electrons. The van der Waals surface area contributed by atoms with Gasteiger partial charge in [-0.15, -0.1) is 11.3 Å². The molecule has 1 fully saturated rings. The Morgan fingerprint density at radius 1 is 1.45 bits per heavy atom. The highest BCUT2D eigenvalue weighted by atomic mass is 32.1. The van der Waals surface area contributed by atoms with E-state index in [0.717, 1.165) is 24.8 Å². The van der Waals surface area contributed by atoms with Crippen molar-refractivity contribution < 1.29 is 14.4 Å². The van der Waals surface area contributed by atoms with Crippen molar-refractivity contribution in [3.05, 3.63) is 21.9 Å². The van der Waals surface area contributed by atoms with E-state index in [1.807, 2.05) is 11.4 Å². The van der Waals surface area contributed by atoms with Gasteiger partial charge >= 0.3 is 0 Å². The van der Waals surface area contributed by atoms with Gasteiger partial charge in [0, 0.05) is 4.88 Å². The highest BCUT2D eigenvalue weighted by Gasteiger charge is 2.38. The fourth-order valence-corrected chi connectivity index (χ4v) is 3.91. The van der Waals surface area contributed by atoms with Crippen molar-refractivity contribution >= 4 is 29.1 Å². The molecule has 0 saturated carbocycles. The van der Waals surface area contributed by atoms with Crippen LogP contribution in [-0.4, -0.2) is 35.2 Å². The van der Waals surface area contributed by atoms with Gasteiger partial charge in [0.05, 0.1) is 5.92 Å². The first-order valence-electron chi connectivity index (χ1n) is 6.78. The first kappa shape index (κ1) is 13.3. The number of nitrogens with zero attached hydrogens (tertiary/aromatic N) is 1. The van der Waals surface area contributed by atoms with Gasteiger partial charge in [-0.3, -0.25) is 19.7 Å². The van der Waals surface area contributed by atoms with Crippen molar-refractivity contribution in [2.24, 2.45) is 0 Å². The van der Waals surface area contributed by atoms with E-state index in [1.54, 1.807) is 18.3 Å². The van der Waals surface area contributed by atoms with Crippen molar-refractivity contribution in [1.82, 2.24) is 10.2 Å². The summed E-state index contributed by atoms with van der Waals surface area (Å²) < 4.78 is 0. The van der Waals surface area contributed by atoms with Crippen LogP contribution in [0.2, 0.25) is 0 Å². The molecule has 1 aromatic rings. The molecule has 3 amide bonds. The Labute approximate surface area is 121 Å². The van der Waals surface area contributed by atoms with E-state index in [0.29, 0.717) is 0 Å². The summed E-state index contributed by atoms with van der Waals surface area (Å²) in [5.74, 6) is -1.09. The Kier molecular flexibility index (Phi) is 3.33. The number of hydrogen-bond acceptors (Lipinski definition) is 4. The summed E-state index contributed by atoms with van der Waals surface area (Å²) in [5.41, 5.74) is 1.08. The number of carbonyl (C=O) groups excluding carboxylic acids is 3. The largest absolute Gasteiger partial charge is 0.321 e. The lowest BCUT2D eigenvalue weighted by atomic mass is 9.86. The second-order valence-electron chi connectivity index (χ2n) is 5.30. The molecule has 106 valence electrons. The van der Waals surface area contributed by atoms with E-state index in [2.05, 4.69) is 5.32 Å². The fourth-order valence-electron chi connectivity index (χ4n) is 2.93. The van der Waals surface area contributed by atoms with E-state index < -0.39 is 17.9 Å². The number of thiophene rings is 1. The number of nitrogens with one attached hydrogen (secondary N) is 1. The van der Waals surface area contributed by atoms with E-state index in [9.17, 15) is 14.4 Å². The highest BCUT2D eigenvalue weighted by Crippen LogP contribution is 2.36. The van der Waals surface area contributed by atoms with Crippen molar-refractivity contribution in [2.45, 2.75) is 38.1 Å². The Balaban J connectivity index is 1.86. The number of piperazine rings is 1. The number of fused-ring (bicyclic) bond motifs is 1. The zero-order valence-corrected chi connectivity index (χ0v) is 12.0. The SMILES string of the molecule is CC1C(=O)NC(=O)CN1C(=O)C1CCCc2sccc21. The number of carbonyl (C=O) groups is 3. The third-order valence-corrected chi connectivity index (χ3v) is 5.05. The first-order chi connectivity index (χ1) is 9.58. The van der Waals surface area contributed by atoms with Gasteiger partial charge in [-0.2, -0.15) is 0 Å². The molecular formula is C14H16N2O3S. The number of amides is 3. The molecule has 2 heterocycles. The molecule has 6 heteroatoms. The summed E-state index contributed by atoms with van der Waals surface area (Å²) in [7, 11) is 0. The molecule has 0 bridgehead atoms. The molecule has 1 aliphatic carbocycles. The molecule has 2 aliphatic rings. The summed E-state index contributed by atoms with van der Waals surface area (Å²) in [4.78, 5) is 38.6. The number of aryl methyl sites for hydroxylation is 1. The lowest BCUT2D eigenvalue weighted by Gasteiger charge is -2.35. The zero-order valence-electron chi connectivity index (χ0n) is 11.2. The second-order valence-corrected chi connectivity index (χ2v) is 6.30. The average Bonchev–Trinajstić information content (AvgIpc) is 2.90. The predicted molar refractivity (Wildman–Crippen MR) is 74.3 cm³/mol. The highest BCUT2D eigenvalue weighted by molar-refractivity contribution is 7.10. The molecule has 20 heavy (non-hydrogen) atoms. The Morgan fingerprint density at radius 2 is 2.25 bits per heavy atom. The van der Waals surface area contributed by atoms with Gasteiger partial charge in [0.2, 0.25) is 17.7 Å². The minimum Gasteiger partial charge on any atom is -0.321 e. The molecular weight excluding hydrogens is 276 g/mol. The van der Waals surface area contributed by atoms with E-state index in [1.165, 1.54) is 9.78 Å². The molecule has 1 N–H and O–H groups in total. The van der Waals surface area contributed by atoms with Gasteiger partial charge in [0.15, 0.2) is 0 Å². The van der Waals surface area contributed by atoms with Crippen LogP contribution in [0.25, 0.3) is 0 Å². The molecule has 1 aromatic heterocycles. The molecule has 1 aliphatic heterocycles. The Morgan fingerprint density at radius 3 is 3.05 bits per heavy atom. The normalized spacial score (nSPS) is 26.1. The molecule has 2 unspecified atom stereocenters. The van der Waals surface area contributed by atoms with Crippen LogP contribution in [0, 0.1) is 0 Å². The maximum absolute atomic E-state index is 12.7. The van der Waals surface area contributed by atoms with Crippen molar-refractivity contribution in [3.8, 4) is 0 Å². The lowest BCUT2D eigenvalue weighted by Crippen LogP contribution is -2.59. The third kappa shape index (κ3) is 2.14. The van der Waals surface area contributed by atoms with E-state index in [4.69, 9.17) is 0 Å². The average molecular weight is 292 g/mol. The molecule has 5 nitrogen and oxygen atoms in total. The fraction of sp³-hybridized carbons (Fsp3) is 0.500. The standard InChI is InChI=1S/C14H16N2O3S/c1-8-13(18)15-12(17)7-16(8)14(19)10-3-2-4-11-9(10)5-6-20-11/h5-6,8,10H,2-4,7H2,1H3,(H,15,17,18). The van der Waals surface area contributed by atoms with Crippen molar-refractivity contribution in [3.63, 3.8) is 0 Å². The zero-order chi connectivity index (χ0) is 14.3. The second kappa shape index (κ2) is 5.01. The third-order valence-electron chi connectivity index (χ3n) is 4.06. The maximum Gasteiger partial charge on any atom is 0.249 e. The predicted octanol–water partition coefficient (Wildman–Crippen LogP) is 1.04. The Hall–Kier alpha value is -1.69. The first-order valence-corrected chi connectivity index (χ1v) is 7.66. The van der Waals surface area contributed by atoms with Gasteiger partial charge < -0.3 is 4.90 Å². The van der Waals surface area contributed by atoms with Gasteiger partial charge in [-0.1, -0.05) is 0 Å². The maximum atomic E-state index is 12.7. The summed E-state index contributed by atoms with van der Waals surface area (Å²) in [6.07, 6.45) is 2.79. The summed E-state index contributed by atoms with van der Waals surface area (Å²) in [5, 5.41) is 4.27. The number of hydrogen-bond donors (Lipinski definition) is 1. The van der Waals surface area contributed by atoms with Crippen LogP contribution in [0.1, 0.15) is 36.1 Å². The summed E-state index contributed by atoms with van der Waals surface area (Å²) >= 11 is 1.68. The van der Waals surface area contributed by atoms with Gasteiger partial charge in [-0.25, -0.2) is 0 Å². The van der Waals surface area contributed by atoms with Crippen LogP contribution >= 0.6 is 11.3 Å². The Bertz CT molecular complexity index is 581. The topological polar surface area (TPSA) is 66.5 Å². The quantitative estimate of drug-likeness (QED) is 0.787. The monoisotopic (exact) mass is 292 g/mol. The van der Waals surface area contributed by atoms with Gasteiger partial charge in [-0.05, 0) is 43.2 Å².